The zero-order valence-corrected chi connectivity index (χ0v) is 13.4. The Morgan fingerprint density at radius 1 is 1.28 bits per heavy atom. The quantitative estimate of drug-likeness (QED) is 0.661. The van der Waals surface area contributed by atoms with Gasteiger partial charge in [-0.2, -0.15) is 0 Å². The molecule has 3 rings (SSSR count). The SMILES string of the molecule is O=C(NCc1ccco1)C1CCCN1C(=O)c1ccccc1[N+](=O)[O-]. The van der Waals surface area contributed by atoms with Crippen LogP contribution in [0.4, 0.5) is 5.69 Å². The van der Waals surface area contributed by atoms with Gasteiger partial charge >= 0.3 is 0 Å². The number of nitrogens with one attached hydrogen (secondary N) is 1. The van der Waals surface area contributed by atoms with Crippen LogP contribution in [0, 0.1) is 10.1 Å². The molecule has 0 saturated carbocycles. The Morgan fingerprint density at radius 2 is 2.08 bits per heavy atom. The number of furan rings is 1. The Hall–Kier alpha value is -3.16. The van der Waals surface area contributed by atoms with Gasteiger partial charge in [0, 0.05) is 12.6 Å². The molecule has 8 heteroatoms. The second kappa shape index (κ2) is 7.16. The van der Waals surface area contributed by atoms with Crippen molar-refractivity contribution in [2.75, 3.05) is 6.54 Å². The number of benzene rings is 1. The molecule has 25 heavy (non-hydrogen) atoms. The van der Waals surface area contributed by atoms with Gasteiger partial charge in [0.05, 0.1) is 17.7 Å². The molecule has 1 aromatic heterocycles. The molecule has 8 nitrogen and oxygen atoms in total. The fourth-order valence-electron chi connectivity index (χ4n) is 2.96. The molecule has 0 radical (unpaired) electrons. The number of nitro benzene ring substituents is 1. The Labute approximate surface area is 143 Å². The first kappa shape index (κ1) is 16.7. The maximum Gasteiger partial charge on any atom is 0.282 e. The zero-order chi connectivity index (χ0) is 17.8. The van der Waals surface area contributed by atoms with Gasteiger partial charge in [-0.3, -0.25) is 19.7 Å². The molecule has 1 N–H and O–H groups in total. The molecule has 2 heterocycles. The molecule has 1 aromatic carbocycles. The second-order valence-electron chi connectivity index (χ2n) is 5.73. The number of hydrogen-bond acceptors (Lipinski definition) is 5. The van der Waals surface area contributed by atoms with E-state index in [2.05, 4.69) is 5.32 Å². The van der Waals surface area contributed by atoms with Crippen LogP contribution in [0.1, 0.15) is 29.0 Å². The van der Waals surface area contributed by atoms with Gasteiger partial charge in [-0.25, -0.2) is 0 Å². The molecule has 1 aliphatic rings. The van der Waals surface area contributed by atoms with E-state index in [4.69, 9.17) is 4.42 Å². The predicted octanol–water partition coefficient (Wildman–Crippen LogP) is 2.11. The topological polar surface area (TPSA) is 106 Å². The summed E-state index contributed by atoms with van der Waals surface area (Å²) in [4.78, 5) is 37.1. The Bertz CT molecular complexity index is 787. The third kappa shape index (κ3) is 3.52. The van der Waals surface area contributed by atoms with Gasteiger partial charge in [-0.1, -0.05) is 12.1 Å². The van der Waals surface area contributed by atoms with Crippen molar-refractivity contribution in [2.24, 2.45) is 0 Å². The minimum atomic E-state index is -0.637. The molecule has 0 spiro atoms. The maximum absolute atomic E-state index is 12.7. The van der Waals surface area contributed by atoms with Crippen LogP contribution < -0.4 is 5.32 Å². The van der Waals surface area contributed by atoms with Crippen LogP contribution in [-0.2, 0) is 11.3 Å². The highest BCUT2D eigenvalue weighted by Crippen LogP contribution is 2.25. The Balaban J connectivity index is 1.73. The fourth-order valence-corrected chi connectivity index (χ4v) is 2.96. The highest BCUT2D eigenvalue weighted by atomic mass is 16.6. The van der Waals surface area contributed by atoms with Gasteiger partial charge in [0.2, 0.25) is 5.91 Å². The minimum Gasteiger partial charge on any atom is -0.467 e. The van der Waals surface area contributed by atoms with Crippen LogP contribution in [-0.4, -0.2) is 34.2 Å². The lowest BCUT2D eigenvalue weighted by Crippen LogP contribution is -2.45. The number of carbonyl (C=O) groups is 2. The zero-order valence-electron chi connectivity index (χ0n) is 13.4. The summed E-state index contributed by atoms with van der Waals surface area (Å²) in [5.74, 6) is -0.174. The number of likely N-dealkylation sites (tertiary alicyclic amines) is 1. The molecule has 2 aromatic rings. The van der Waals surface area contributed by atoms with Crippen LogP contribution in [0.15, 0.2) is 47.1 Å². The molecular weight excluding hydrogens is 326 g/mol. The van der Waals surface area contributed by atoms with Crippen LogP contribution >= 0.6 is 0 Å². The Morgan fingerprint density at radius 3 is 2.80 bits per heavy atom. The van der Waals surface area contributed by atoms with Crippen molar-refractivity contribution < 1.29 is 18.9 Å². The summed E-state index contributed by atoms with van der Waals surface area (Å²) in [5, 5.41) is 13.9. The minimum absolute atomic E-state index is 0.00163. The molecule has 0 aliphatic carbocycles. The summed E-state index contributed by atoms with van der Waals surface area (Å²) in [6.45, 7) is 0.625. The highest BCUT2D eigenvalue weighted by Gasteiger charge is 2.36. The molecule has 1 aliphatic heterocycles. The van der Waals surface area contributed by atoms with E-state index < -0.39 is 16.9 Å². The number of hydrogen-bond donors (Lipinski definition) is 1. The summed E-state index contributed by atoms with van der Waals surface area (Å²) >= 11 is 0. The molecule has 1 fully saturated rings. The first-order valence-electron chi connectivity index (χ1n) is 7.92. The summed E-state index contributed by atoms with van der Waals surface area (Å²) in [5.41, 5.74) is -0.257. The second-order valence-corrected chi connectivity index (χ2v) is 5.73. The third-order valence-corrected chi connectivity index (χ3v) is 4.16. The van der Waals surface area contributed by atoms with E-state index in [0.29, 0.717) is 25.1 Å². The fraction of sp³-hybridized carbons (Fsp3) is 0.294. The molecule has 1 unspecified atom stereocenters. The molecule has 0 bridgehead atoms. The molecular formula is C17H17N3O5. The molecule has 2 amide bonds. The van der Waals surface area contributed by atoms with Gasteiger partial charge in [0.1, 0.15) is 17.4 Å². The maximum atomic E-state index is 12.7. The van der Waals surface area contributed by atoms with Crippen molar-refractivity contribution >= 4 is 17.5 Å². The smallest absolute Gasteiger partial charge is 0.282 e. The molecule has 130 valence electrons. The van der Waals surface area contributed by atoms with E-state index in [0.717, 1.165) is 0 Å². The monoisotopic (exact) mass is 343 g/mol. The van der Waals surface area contributed by atoms with E-state index in [1.807, 2.05) is 0 Å². The number of para-hydroxylation sites is 1. The van der Waals surface area contributed by atoms with E-state index >= 15 is 0 Å². The number of nitro groups is 1. The average molecular weight is 343 g/mol. The Kier molecular flexibility index (Phi) is 4.78. The van der Waals surface area contributed by atoms with Gasteiger partial charge in [0.15, 0.2) is 0 Å². The van der Waals surface area contributed by atoms with E-state index in [1.54, 1.807) is 18.2 Å². The highest BCUT2D eigenvalue weighted by molar-refractivity contribution is 6.00. The summed E-state index contributed by atoms with van der Waals surface area (Å²) < 4.78 is 5.16. The summed E-state index contributed by atoms with van der Waals surface area (Å²) in [7, 11) is 0. The average Bonchev–Trinajstić information content (AvgIpc) is 3.30. The number of rotatable bonds is 5. The van der Waals surface area contributed by atoms with Gasteiger partial charge in [0.25, 0.3) is 11.6 Å². The third-order valence-electron chi connectivity index (χ3n) is 4.16. The molecule has 1 atom stereocenters. The van der Waals surface area contributed by atoms with Crippen molar-refractivity contribution in [3.05, 3.63) is 64.1 Å². The first-order valence-corrected chi connectivity index (χ1v) is 7.92. The lowest BCUT2D eigenvalue weighted by Gasteiger charge is -2.23. The lowest BCUT2D eigenvalue weighted by molar-refractivity contribution is -0.385. The van der Waals surface area contributed by atoms with Crippen LogP contribution in [0.2, 0.25) is 0 Å². The van der Waals surface area contributed by atoms with Gasteiger partial charge < -0.3 is 14.6 Å². The van der Waals surface area contributed by atoms with E-state index in [1.165, 1.54) is 29.4 Å². The number of carbonyl (C=O) groups excluding carboxylic acids is 2. The van der Waals surface area contributed by atoms with E-state index in [-0.39, 0.29) is 23.7 Å². The van der Waals surface area contributed by atoms with Crippen molar-refractivity contribution in [2.45, 2.75) is 25.4 Å². The van der Waals surface area contributed by atoms with Crippen LogP contribution in [0.25, 0.3) is 0 Å². The van der Waals surface area contributed by atoms with Crippen LogP contribution in [0.3, 0.4) is 0 Å². The van der Waals surface area contributed by atoms with Crippen molar-refractivity contribution in [1.29, 1.82) is 0 Å². The lowest BCUT2D eigenvalue weighted by atomic mass is 10.1. The van der Waals surface area contributed by atoms with E-state index in [9.17, 15) is 19.7 Å². The van der Waals surface area contributed by atoms with Crippen molar-refractivity contribution in [3.8, 4) is 0 Å². The van der Waals surface area contributed by atoms with Gasteiger partial charge in [-0.05, 0) is 31.0 Å². The summed E-state index contributed by atoms with van der Waals surface area (Å²) in [6, 6.07) is 8.61. The van der Waals surface area contributed by atoms with Gasteiger partial charge in [-0.15, -0.1) is 0 Å². The predicted molar refractivity (Wildman–Crippen MR) is 87.7 cm³/mol. The standard InChI is InChI=1S/C17H17N3O5/c21-16(18-11-12-5-4-10-25-12)15-8-3-9-19(15)17(22)13-6-1-2-7-14(13)20(23)24/h1-2,4-7,10,15H,3,8-9,11H2,(H,18,21). The largest absolute Gasteiger partial charge is 0.467 e. The first-order chi connectivity index (χ1) is 12.1. The normalized spacial score (nSPS) is 16.6. The van der Waals surface area contributed by atoms with Crippen LogP contribution in [0.5, 0.6) is 0 Å². The summed E-state index contributed by atoms with van der Waals surface area (Å²) in [6.07, 6.45) is 2.71. The molecule has 1 saturated heterocycles. The van der Waals surface area contributed by atoms with Crippen molar-refractivity contribution in [3.63, 3.8) is 0 Å². The number of amides is 2. The number of nitrogens with zero attached hydrogens (tertiary/aromatic N) is 2. The van der Waals surface area contributed by atoms with Crippen molar-refractivity contribution in [1.82, 2.24) is 10.2 Å².